The summed E-state index contributed by atoms with van der Waals surface area (Å²) < 4.78 is 1.53. The predicted octanol–water partition coefficient (Wildman–Crippen LogP) is 3.80. The van der Waals surface area contributed by atoms with Crippen LogP contribution in [0.3, 0.4) is 0 Å². The van der Waals surface area contributed by atoms with Crippen LogP contribution < -0.4 is 10.9 Å². The quantitative estimate of drug-likeness (QED) is 0.494. The van der Waals surface area contributed by atoms with Crippen LogP contribution in [0.15, 0.2) is 64.7 Å². The Morgan fingerprint density at radius 1 is 1.20 bits per heavy atom. The average molecular weight is 440 g/mol. The minimum absolute atomic E-state index is 0.142. The Morgan fingerprint density at radius 2 is 1.97 bits per heavy atom. The smallest absolute Gasteiger partial charge is 0.257 e. The summed E-state index contributed by atoms with van der Waals surface area (Å²) in [6, 6.07) is 13.6. The first kappa shape index (κ1) is 20.4. The lowest BCUT2D eigenvalue weighted by atomic mass is 10.0. The molecule has 152 valence electrons. The highest BCUT2D eigenvalue weighted by Crippen LogP contribution is 2.28. The minimum Gasteiger partial charge on any atom is -0.325 e. The van der Waals surface area contributed by atoms with E-state index < -0.39 is 5.92 Å². The fourth-order valence-corrected chi connectivity index (χ4v) is 4.47. The summed E-state index contributed by atoms with van der Waals surface area (Å²) >= 11 is 7.48. The van der Waals surface area contributed by atoms with Crippen molar-refractivity contribution in [1.29, 1.82) is 0 Å². The maximum atomic E-state index is 13.0. The van der Waals surface area contributed by atoms with Gasteiger partial charge in [-0.05, 0) is 25.1 Å². The van der Waals surface area contributed by atoms with E-state index in [1.807, 2.05) is 6.07 Å². The van der Waals surface area contributed by atoms with E-state index in [1.54, 1.807) is 55.6 Å². The highest BCUT2D eigenvalue weighted by Gasteiger charge is 2.28. The van der Waals surface area contributed by atoms with Crippen molar-refractivity contribution in [1.82, 2.24) is 9.55 Å². The number of carbonyl (C=O) groups excluding carboxylic acids is 2. The molecule has 6 nitrogen and oxygen atoms in total. The van der Waals surface area contributed by atoms with Crippen LogP contribution >= 0.6 is 23.4 Å². The molecule has 1 aliphatic heterocycles. The van der Waals surface area contributed by atoms with Crippen molar-refractivity contribution in [2.24, 2.45) is 5.92 Å². The largest absolute Gasteiger partial charge is 0.325 e. The normalized spacial score (nSPS) is 15.3. The molecule has 2 heterocycles. The zero-order valence-corrected chi connectivity index (χ0v) is 17.7. The van der Waals surface area contributed by atoms with Gasteiger partial charge in [-0.3, -0.25) is 19.0 Å². The molecule has 1 N–H and O–H groups in total. The molecule has 0 aliphatic carbocycles. The number of halogens is 1. The average Bonchev–Trinajstić information content (AvgIpc) is 2.77. The summed E-state index contributed by atoms with van der Waals surface area (Å²) in [4.78, 5) is 42.6. The van der Waals surface area contributed by atoms with Crippen molar-refractivity contribution >= 4 is 40.7 Å². The molecule has 1 unspecified atom stereocenters. The van der Waals surface area contributed by atoms with Gasteiger partial charge >= 0.3 is 0 Å². The van der Waals surface area contributed by atoms with Crippen molar-refractivity contribution in [2.75, 3.05) is 11.1 Å². The molecular weight excluding hydrogens is 422 g/mol. The second-order valence-electron chi connectivity index (χ2n) is 7.02. The Kier molecular flexibility index (Phi) is 5.74. The van der Waals surface area contributed by atoms with Crippen LogP contribution in [-0.4, -0.2) is 27.0 Å². The van der Waals surface area contributed by atoms with Crippen LogP contribution in [0, 0.1) is 12.8 Å². The molecule has 1 aromatic heterocycles. The number of hydrogen-bond acceptors (Lipinski definition) is 5. The first-order valence-corrected chi connectivity index (χ1v) is 10.7. The molecule has 30 heavy (non-hydrogen) atoms. The first-order valence-electron chi connectivity index (χ1n) is 9.33. The summed E-state index contributed by atoms with van der Waals surface area (Å²) in [5, 5.41) is 3.87. The third-order valence-electron chi connectivity index (χ3n) is 4.89. The Morgan fingerprint density at radius 3 is 2.73 bits per heavy atom. The van der Waals surface area contributed by atoms with E-state index in [1.165, 1.54) is 16.3 Å². The number of fused-ring (bicyclic) bond motifs is 1. The van der Waals surface area contributed by atoms with E-state index in [0.717, 1.165) is 0 Å². The number of nitrogens with zero attached hydrogens (tertiary/aromatic N) is 2. The minimum atomic E-state index is -0.431. The molecule has 0 fully saturated rings. The van der Waals surface area contributed by atoms with Crippen LogP contribution in [0.2, 0.25) is 5.02 Å². The van der Waals surface area contributed by atoms with Crippen LogP contribution in [0.25, 0.3) is 0 Å². The number of benzene rings is 2. The number of ketones is 1. The topological polar surface area (TPSA) is 81.1 Å². The van der Waals surface area contributed by atoms with Crippen molar-refractivity contribution in [2.45, 2.75) is 18.6 Å². The number of hydrogen-bond donors (Lipinski definition) is 1. The molecule has 0 bridgehead atoms. The molecule has 0 radical (unpaired) electrons. The van der Waals surface area contributed by atoms with Gasteiger partial charge in [-0.1, -0.05) is 53.7 Å². The van der Waals surface area contributed by atoms with Crippen molar-refractivity contribution in [3.8, 4) is 0 Å². The number of aromatic nitrogens is 2. The maximum Gasteiger partial charge on any atom is 0.257 e. The fraction of sp³-hybridized carbons (Fsp3) is 0.182. The second kappa shape index (κ2) is 8.45. The van der Waals surface area contributed by atoms with Gasteiger partial charge in [0.2, 0.25) is 5.91 Å². The van der Waals surface area contributed by atoms with Crippen molar-refractivity contribution in [3.63, 3.8) is 0 Å². The molecule has 2 aromatic carbocycles. The number of thioether (sulfide) groups is 1. The Hall–Kier alpha value is -2.90. The van der Waals surface area contributed by atoms with Crippen LogP contribution in [0.4, 0.5) is 5.69 Å². The Bertz CT molecular complexity index is 1190. The van der Waals surface area contributed by atoms with E-state index in [4.69, 9.17) is 11.6 Å². The molecule has 8 heteroatoms. The van der Waals surface area contributed by atoms with Gasteiger partial charge in [0.1, 0.15) is 0 Å². The number of carbonyl (C=O) groups is 2. The molecule has 0 saturated heterocycles. The first-order chi connectivity index (χ1) is 14.4. The lowest BCUT2D eigenvalue weighted by Gasteiger charge is -2.24. The zero-order valence-electron chi connectivity index (χ0n) is 16.1. The summed E-state index contributed by atoms with van der Waals surface area (Å²) in [6.45, 7) is 1.95. The Labute approximate surface area is 182 Å². The summed E-state index contributed by atoms with van der Waals surface area (Å²) in [5.74, 6) is -0.422. The molecular formula is C22H18ClN3O3S. The monoisotopic (exact) mass is 439 g/mol. The summed E-state index contributed by atoms with van der Waals surface area (Å²) in [6.07, 6.45) is 1.55. The SMILES string of the molecule is Cc1cnc2n(c1=O)CC(C(=O)Nc1ccc(Cl)cc1C(=O)c1ccccc1)CS2. The van der Waals surface area contributed by atoms with E-state index in [-0.39, 0.29) is 23.8 Å². The van der Waals surface area contributed by atoms with Gasteiger partial charge in [-0.15, -0.1) is 0 Å². The van der Waals surface area contributed by atoms with Crippen molar-refractivity contribution < 1.29 is 9.59 Å². The molecule has 0 spiro atoms. The number of nitrogens with one attached hydrogen (secondary N) is 1. The second-order valence-corrected chi connectivity index (χ2v) is 8.45. The molecule has 3 aromatic rings. The van der Waals surface area contributed by atoms with Crippen molar-refractivity contribution in [3.05, 3.63) is 86.8 Å². The standard InChI is InChI=1S/C22H18ClN3O3S/c1-13-10-24-22-26(21(13)29)11-15(12-30-22)20(28)25-18-8-7-16(23)9-17(18)19(27)14-5-3-2-4-6-14/h2-10,15H,11-12H2,1H3,(H,25,28). The zero-order chi connectivity index (χ0) is 21.3. The number of amides is 1. The predicted molar refractivity (Wildman–Crippen MR) is 117 cm³/mol. The van der Waals surface area contributed by atoms with Crippen LogP contribution in [0.5, 0.6) is 0 Å². The lowest BCUT2D eigenvalue weighted by Crippen LogP contribution is -2.37. The van der Waals surface area contributed by atoms with Crippen LogP contribution in [0.1, 0.15) is 21.5 Å². The molecule has 1 aliphatic rings. The highest BCUT2D eigenvalue weighted by molar-refractivity contribution is 7.99. The summed E-state index contributed by atoms with van der Waals surface area (Å²) in [5.41, 5.74) is 1.61. The summed E-state index contributed by atoms with van der Waals surface area (Å²) in [7, 11) is 0. The Balaban J connectivity index is 1.59. The lowest BCUT2D eigenvalue weighted by molar-refractivity contribution is -0.119. The van der Waals surface area contributed by atoms with Gasteiger partial charge in [0.25, 0.3) is 5.56 Å². The molecule has 1 atom stereocenters. The highest BCUT2D eigenvalue weighted by atomic mass is 35.5. The van der Waals surface area contributed by atoms with E-state index in [9.17, 15) is 14.4 Å². The van der Waals surface area contributed by atoms with Gasteiger partial charge in [0.05, 0.1) is 11.6 Å². The molecule has 1 amide bonds. The molecule has 4 rings (SSSR count). The third kappa shape index (κ3) is 4.04. The van der Waals surface area contributed by atoms with Gasteiger partial charge in [0.15, 0.2) is 10.9 Å². The van der Waals surface area contributed by atoms with E-state index in [0.29, 0.717) is 38.3 Å². The number of aryl methyl sites for hydroxylation is 1. The van der Waals surface area contributed by atoms with E-state index >= 15 is 0 Å². The molecule has 0 saturated carbocycles. The van der Waals surface area contributed by atoms with Gasteiger partial charge in [-0.25, -0.2) is 4.98 Å². The van der Waals surface area contributed by atoms with Gasteiger partial charge in [0, 0.05) is 40.2 Å². The van der Waals surface area contributed by atoms with Gasteiger partial charge < -0.3 is 5.32 Å². The van der Waals surface area contributed by atoms with Gasteiger partial charge in [-0.2, -0.15) is 0 Å². The third-order valence-corrected chi connectivity index (χ3v) is 6.28. The maximum absolute atomic E-state index is 13.0. The van der Waals surface area contributed by atoms with Crippen LogP contribution in [-0.2, 0) is 11.3 Å². The van der Waals surface area contributed by atoms with E-state index in [2.05, 4.69) is 10.3 Å². The fourth-order valence-electron chi connectivity index (χ4n) is 3.25. The number of anilines is 1. The number of rotatable bonds is 4.